The van der Waals surface area contributed by atoms with Gasteiger partial charge in [0, 0.05) is 25.4 Å². The highest BCUT2D eigenvalue weighted by Crippen LogP contribution is 2.21. The Morgan fingerprint density at radius 2 is 2.42 bits per heavy atom. The maximum absolute atomic E-state index is 9.19. The first kappa shape index (κ1) is 8.53. The molecule has 0 saturated carbocycles. The Balaban J connectivity index is 1.96. The molecule has 0 aromatic carbocycles. The molecular formula is C8H14N2OS. The third-order valence-corrected chi connectivity index (χ3v) is 3.48. The molecule has 1 unspecified atom stereocenters. The van der Waals surface area contributed by atoms with Crippen LogP contribution < -0.4 is 0 Å². The summed E-state index contributed by atoms with van der Waals surface area (Å²) in [4.78, 5) is 6.69. The highest BCUT2D eigenvalue weighted by molar-refractivity contribution is 8.14. The lowest BCUT2D eigenvalue weighted by molar-refractivity contribution is 0.109. The van der Waals surface area contributed by atoms with Gasteiger partial charge in [-0.25, -0.2) is 0 Å². The fourth-order valence-electron chi connectivity index (χ4n) is 1.56. The normalized spacial score (nSPS) is 26.6. The Bertz CT molecular complexity index is 191. The quantitative estimate of drug-likeness (QED) is 0.684. The number of rotatable bonds is 3. The molecule has 2 rings (SSSR count). The van der Waals surface area contributed by atoms with Gasteiger partial charge in [0.15, 0.2) is 0 Å². The highest BCUT2D eigenvalue weighted by atomic mass is 32.2. The van der Waals surface area contributed by atoms with E-state index in [4.69, 9.17) is 0 Å². The van der Waals surface area contributed by atoms with Gasteiger partial charge < -0.3 is 5.11 Å². The molecular weight excluding hydrogens is 172 g/mol. The molecule has 0 amide bonds. The molecule has 1 fully saturated rings. The van der Waals surface area contributed by atoms with E-state index in [-0.39, 0.29) is 12.6 Å². The number of likely N-dealkylation sites (tertiary alicyclic amines) is 1. The lowest BCUT2D eigenvalue weighted by Gasteiger charge is -2.37. The van der Waals surface area contributed by atoms with Crippen LogP contribution in [0.1, 0.15) is 6.42 Å². The molecule has 1 N–H and O–H groups in total. The molecule has 1 atom stereocenters. The van der Waals surface area contributed by atoms with Gasteiger partial charge in [-0.05, 0) is 6.42 Å². The van der Waals surface area contributed by atoms with Gasteiger partial charge in [0.05, 0.1) is 17.7 Å². The zero-order valence-electron chi connectivity index (χ0n) is 7.07. The molecule has 68 valence electrons. The number of aliphatic imine (C=N–C) groups is 1. The van der Waals surface area contributed by atoms with Crippen LogP contribution in [0.5, 0.6) is 0 Å². The maximum Gasteiger partial charge on any atom is 0.0872 e. The summed E-state index contributed by atoms with van der Waals surface area (Å²) < 4.78 is 0. The standard InChI is InChI=1S/C8H14N2OS/c11-6-7(10-3-1-4-10)8-9-2-5-12-8/h7,11H,1-6H2. The Labute approximate surface area is 76.9 Å². The number of nitrogens with zero attached hydrogens (tertiary/aromatic N) is 2. The summed E-state index contributed by atoms with van der Waals surface area (Å²) in [5.74, 6) is 1.10. The topological polar surface area (TPSA) is 35.8 Å². The van der Waals surface area contributed by atoms with Crippen molar-refractivity contribution in [2.24, 2.45) is 4.99 Å². The molecule has 0 spiro atoms. The monoisotopic (exact) mass is 186 g/mol. The summed E-state index contributed by atoms with van der Waals surface area (Å²) in [6.45, 7) is 3.42. The maximum atomic E-state index is 9.19. The minimum absolute atomic E-state index is 0.214. The molecule has 12 heavy (non-hydrogen) atoms. The average Bonchev–Trinajstić information content (AvgIpc) is 2.47. The third kappa shape index (κ3) is 1.51. The van der Waals surface area contributed by atoms with Gasteiger partial charge in [0.1, 0.15) is 0 Å². The summed E-state index contributed by atoms with van der Waals surface area (Å²) in [6.07, 6.45) is 1.27. The predicted molar refractivity (Wildman–Crippen MR) is 51.8 cm³/mol. The van der Waals surface area contributed by atoms with E-state index in [0.29, 0.717) is 0 Å². The van der Waals surface area contributed by atoms with Gasteiger partial charge in [0.25, 0.3) is 0 Å². The molecule has 2 heterocycles. The largest absolute Gasteiger partial charge is 0.394 e. The SMILES string of the molecule is OCC(C1=NCCS1)N1CCC1. The highest BCUT2D eigenvalue weighted by Gasteiger charge is 2.28. The lowest BCUT2D eigenvalue weighted by atomic mass is 10.1. The Hall–Kier alpha value is -0.0600. The molecule has 0 bridgehead atoms. The Kier molecular flexibility index (Phi) is 2.68. The van der Waals surface area contributed by atoms with E-state index in [1.807, 2.05) is 0 Å². The van der Waals surface area contributed by atoms with Crippen LogP contribution in [0.2, 0.25) is 0 Å². The van der Waals surface area contributed by atoms with Gasteiger partial charge >= 0.3 is 0 Å². The van der Waals surface area contributed by atoms with Crippen molar-refractivity contribution in [1.82, 2.24) is 4.90 Å². The van der Waals surface area contributed by atoms with Gasteiger partial charge in [-0.1, -0.05) is 0 Å². The van der Waals surface area contributed by atoms with Crippen molar-refractivity contribution in [2.75, 3.05) is 32.0 Å². The van der Waals surface area contributed by atoms with E-state index in [1.54, 1.807) is 11.8 Å². The number of hydrogen-bond acceptors (Lipinski definition) is 4. The van der Waals surface area contributed by atoms with Gasteiger partial charge in [0.2, 0.25) is 0 Å². The fraction of sp³-hybridized carbons (Fsp3) is 0.875. The molecule has 4 heteroatoms. The second kappa shape index (κ2) is 3.77. The Morgan fingerprint density at radius 3 is 2.83 bits per heavy atom. The van der Waals surface area contributed by atoms with Crippen LogP contribution in [0.4, 0.5) is 0 Å². The van der Waals surface area contributed by atoms with Crippen molar-refractivity contribution in [2.45, 2.75) is 12.5 Å². The summed E-state index contributed by atoms with van der Waals surface area (Å²) >= 11 is 1.80. The first-order chi connectivity index (χ1) is 5.92. The smallest absolute Gasteiger partial charge is 0.0872 e. The molecule has 2 aliphatic rings. The van der Waals surface area contributed by atoms with Crippen LogP contribution in [0, 0.1) is 0 Å². The van der Waals surface area contributed by atoms with E-state index in [0.717, 1.165) is 30.4 Å². The second-order valence-electron chi connectivity index (χ2n) is 3.16. The van der Waals surface area contributed by atoms with Crippen molar-refractivity contribution < 1.29 is 5.11 Å². The summed E-state index contributed by atoms with van der Waals surface area (Å²) in [7, 11) is 0. The number of hydrogen-bond donors (Lipinski definition) is 1. The number of aliphatic hydroxyl groups is 1. The zero-order valence-corrected chi connectivity index (χ0v) is 7.89. The van der Waals surface area contributed by atoms with Crippen LogP contribution >= 0.6 is 11.8 Å². The van der Waals surface area contributed by atoms with Gasteiger partial charge in [-0.3, -0.25) is 9.89 Å². The first-order valence-electron chi connectivity index (χ1n) is 4.44. The Morgan fingerprint density at radius 1 is 1.58 bits per heavy atom. The van der Waals surface area contributed by atoms with Crippen LogP contribution in [0.15, 0.2) is 4.99 Å². The number of aliphatic hydroxyl groups excluding tert-OH is 1. The van der Waals surface area contributed by atoms with Crippen molar-refractivity contribution in [1.29, 1.82) is 0 Å². The van der Waals surface area contributed by atoms with Gasteiger partial charge in [-0.2, -0.15) is 0 Å². The first-order valence-corrected chi connectivity index (χ1v) is 5.42. The number of thioether (sulfide) groups is 1. The van der Waals surface area contributed by atoms with Crippen LogP contribution in [0.3, 0.4) is 0 Å². The van der Waals surface area contributed by atoms with Crippen molar-refractivity contribution in [3.8, 4) is 0 Å². The zero-order chi connectivity index (χ0) is 8.39. The van der Waals surface area contributed by atoms with E-state index in [9.17, 15) is 5.11 Å². The second-order valence-corrected chi connectivity index (χ2v) is 4.27. The van der Waals surface area contributed by atoms with E-state index in [2.05, 4.69) is 9.89 Å². The summed E-state index contributed by atoms with van der Waals surface area (Å²) in [6, 6.07) is 0.214. The summed E-state index contributed by atoms with van der Waals surface area (Å²) in [5.41, 5.74) is 0. The lowest BCUT2D eigenvalue weighted by Crippen LogP contribution is -2.49. The third-order valence-electron chi connectivity index (χ3n) is 2.40. The molecule has 0 aromatic rings. The average molecular weight is 186 g/mol. The van der Waals surface area contributed by atoms with Crippen LogP contribution in [-0.2, 0) is 0 Å². The molecule has 1 saturated heterocycles. The van der Waals surface area contributed by atoms with E-state index in [1.165, 1.54) is 6.42 Å². The molecule has 3 nitrogen and oxygen atoms in total. The molecule has 0 aromatic heterocycles. The van der Waals surface area contributed by atoms with Crippen molar-refractivity contribution in [3.63, 3.8) is 0 Å². The van der Waals surface area contributed by atoms with Crippen LogP contribution in [0.25, 0.3) is 0 Å². The predicted octanol–water partition coefficient (Wildman–Crippen LogP) is 0.198. The summed E-state index contributed by atoms with van der Waals surface area (Å²) in [5, 5.41) is 10.3. The minimum atomic E-state index is 0.214. The molecule has 0 aliphatic carbocycles. The van der Waals surface area contributed by atoms with Crippen LogP contribution in [-0.4, -0.2) is 53.1 Å². The van der Waals surface area contributed by atoms with E-state index >= 15 is 0 Å². The van der Waals surface area contributed by atoms with Crippen molar-refractivity contribution in [3.05, 3.63) is 0 Å². The molecule has 2 aliphatic heterocycles. The fourth-order valence-corrected chi connectivity index (χ4v) is 2.55. The van der Waals surface area contributed by atoms with E-state index < -0.39 is 0 Å². The molecule has 0 radical (unpaired) electrons. The van der Waals surface area contributed by atoms with Crippen molar-refractivity contribution >= 4 is 16.8 Å². The minimum Gasteiger partial charge on any atom is -0.394 e. The van der Waals surface area contributed by atoms with Gasteiger partial charge in [-0.15, -0.1) is 11.8 Å².